The van der Waals surface area contributed by atoms with Crippen molar-refractivity contribution in [2.75, 3.05) is 7.11 Å². The summed E-state index contributed by atoms with van der Waals surface area (Å²) in [6, 6.07) is 18.2. The highest BCUT2D eigenvalue weighted by atomic mass is 16.6. The lowest BCUT2D eigenvalue weighted by atomic mass is 9.92. The van der Waals surface area contributed by atoms with E-state index in [2.05, 4.69) is 10.9 Å². The van der Waals surface area contributed by atoms with Crippen molar-refractivity contribution in [2.45, 2.75) is 0 Å². The van der Waals surface area contributed by atoms with Crippen LogP contribution in [0.2, 0.25) is 0 Å². The third kappa shape index (κ3) is 2.95. The highest BCUT2D eigenvalue weighted by Gasteiger charge is 2.25. The van der Waals surface area contributed by atoms with E-state index >= 15 is 0 Å². The second-order valence-electron chi connectivity index (χ2n) is 6.34. The number of nitro groups is 1. The molecule has 3 aromatic carbocycles. The van der Waals surface area contributed by atoms with Gasteiger partial charge in [0.05, 0.1) is 17.6 Å². The molecule has 0 spiro atoms. The molecule has 0 amide bonds. The minimum atomic E-state index is -0.750. The fourth-order valence-electron chi connectivity index (χ4n) is 3.45. The molecular formula is C23H14N2O4. The molecule has 0 atom stereocenters. The van der Waals surface area contributed by atoms with Crippen LogP contribution in [0.15, 0.2) is 60.7 Å². The number of esters is 1. The molecule has 1 aromatic heterocycles. The zero-order valence-electron chi connectivity index (χ0n) is 15.4. The Labute approximate surface area is 165 Å². The van der Waals surface area contributed by atoms with Crippen molar-refractivity contribution < 1.29 is 14.5 Å². The van der Waals surface area contributed by atoms with Crippen LogP contribution in [0.4, 0.5) is 5.69 Å². The summed E-state index contributed by atoms with van der Waals surface area (Å²) in [4.78, 5) is 27.6. The molecule has 0 radical (unpaired) electrons. The van der Waals surface area contributed by atoms with Crippen molar-refractivity contribution >= 4 is 33.3 Å². The first-order chi connectivity index (χ1) is 14.0. The Balaban J connectivity index is 2.18. The number of fused-ring (bicyclic) bond motifs is 2. The molecule has 0 aliphatic carbocycles. The van der Waals surface area contributed by atoms with Crippen molar-refractivity contribution in [3.8, 4) is 23.5 Å². The van der Waals surface area contributed by atoms with Crippen molar-refractivity contribution in [3.05, 3.63) is 82.0 Å². The normalized spacial score (nSPS) is 10.6. The van der Waals surface area contributed by atoms with Gasteiger partial charge in [0.1, 0.15) is 5.52 Å². The Morgan fingerprint density at radius 1 is 1.10 bits per heavy atom. The van der Waals surface area contributed by atoms with E-state index in [9.17, 15) is 14.9 Å². The van der Waals surface area contributed by atoms with E-state index in [1.165, 1.54) is 13.2 Å². The monoisotopic (exact) mass is 382 g/mol. The molecule has 0 N–H and O–H groups in total. The predicted octanol–water partition coefficient (Wildman–Crippen LogP) is 4.73. The fourth-order valence-corrected chi connectivity index (χ4v) is 3.45. The zero-order chi connectivity index (χ0) is 20.5. The highest BCUT2D eigenvalue weighted by Crippen LogP contribution is 2.37. The molecule has 0 aliphatic rings. The average molecular weight is 382 g/mol. The maximum absolute atomic E-state index is 12.4. The first-order valence-corrected chi connectivity index (χ1v) is 8.70. The Bertz CT molecular complexity index is 1350. The van der Waals surface area contributed by atoms with Gasteiger partial charge in [-0.05, 0) is 22.4 Å². The Morgan fingerprint density at radius 3 is 2.55 bits per heavy atom. The number of ether oxygens (including phenoxy) is 1. The van der Waals surface area contributed by atoms with Crippen LogP contribution >= 0.6 is 0 Å². The second kappa shape index (κ2) is 7.06. The number of methoxy groups -OCH3 is 1. The number of carbonyl (C=O) groups is 1. The Kier molecular flexibility index (Phi) is 4.41. The smallest absolute Gasteiger partial charge is 0.358 e. The summed E-state index contributed by atoms with van der Waals surface area (Å²) < 4.78 is 4.82. The maximum atomic E-state index is 12.4. The van der Waals surface area contributed by atoms with Gasteiger partial charge in [0, 0.05) is 17.0 Å². The molecule has 140 valence electrons. The van der Waals surface area contributed by atoms with E-state index in [-0.39, 0.29) is 22.5 Å². The lowest BCUT2D eigenvalue weighted by Gasteiger charge is -2.14. The van der Waals surface area contributed by atoms with Crippen LogP contribution in [0.3, 0.4) is 0 Å². The van der Waals surface area contributed by atoms with Crippen molar-refractivity contribution in [1.82, 2.24) is 4.98 Å². The lowest BCUT2D eigenvalue weighted by Crippen LogP contribution is -2.10. The molecule has 0 saturated heterocycles. The minimum Gasteiger partial charge on any atom is -0.464 e. The van der Waals surface area contributed by atoms with Crippen molar-refractivity contribution in [2.24, 2.45) is 0 Å². The molecule has 0 fully saturated rings. The van der Waals surface area contributed by atoms with Gasteiger partial charge in [-0.15, -0.1) is 6.42 Å². The number of nitro benzene ring substituents is 1. The SMILES string of the molecule is C#Cc1c(C(=O)OC)nc2c([N+](=O)[O-])cccc2c1-c1ccc2ccccc2c1. The number of non-ortho nitro benzene ring substituents is 1. The van der Waals surface area contributed by atoms with Crippen LogP contribution in [0.25, 0.3) is 32.8 Å². The third-order valence-electron chi connectivity index (χ3n) is 4.75. The minimum absolute atomic E-state index is 0.0834. The molecule has 4 aromatic rings. The van der Waals surface area contributed by atoms with E-state index in [0.29, 0.717) is 10.9 Å². The summed E-state index contributed by atoms with van der Waals surface area (Å²) in [5, 5.41) is 14.1. The zero-order valence-corrected chi connectivity index (χ0v) is 15.4. The number of hydrogen-bond acceptors (Lipinski definition) is 5. The van der Waals surface area contributed by atoms with E-state index in [0.717, 1.165) is 16.3 Å². The molecule has 29 heavy (non-hydrogen) atoms. The molecular weight excluding hydrogens is 368 g/mol. The van der Waals surface area contributed by atoms with Crippen LogP contribution in [-0.2, 0) is 4.74 Å². The van der Waals surface area contributed by atoms with Gasteiger partial charge in [-0.25, -0.2) is 9.78 Å². The van der Waals surface area contributed by atoms with E-state index in [1.807, 2.05) is 42.5 Å². The number of aromatic nitrogens is 1. The van der Waals surface area contributed by atoms with E-state index < -0.39 is 10.9 Å². The predicted molar refractivity (Wildman–Crippen MR) is 111 cm³/mol. The third-order valence-corrected chi connectivity index (χ3v) is 4.75. The standard InChI is InChI=1S/C23H14N2O4/c1-3-17-20(16-12-11-14-7-4-5-8-15(14)13-16)18-9-6-10-19(25(27)28)21(18)24-22(17)23(26)29-2/h1,4-13H,2H3. The van der Waals surface area contributed by atoms with Gasteiger partial charge in [0.2, 0.25) is 0 Å². The molecule has 0 bridgehead atoms. The first-order valence-electron chi connectivity index (χ1n) is 8.70. The van der Waals surface area contributed by atoms with Crippen LogP contribution in [-0.4, -0.2) is 23.0 Å². The van der Waals surface area contributed by atoms with E-state index in [4.69, 9.17) is 11.2 Å². The molecule has 6 heteroatoms. The maximum Gasteiger partial charge on any atom is 0.358 e. The summed E-state index contributed by atoms with van der Waals surface area (Å²) in [6.07, 6.45) is 5.75. The highest BCUT2D eigenvalue weighted by molar-refractivity contribution is 6.07. The van der Waals surface area contributed by atoms with Gasteiger partial charge in [0.15, 0.2) is 5.69 Å². The Hall–Kier alpha value is -4.24. The number of terminal acetylenes is 1. The molecule has 1 heterocycles. The van der Waals surface area contributed by atoms with Crippen molar-refractivity contribution in [3.63, 3.8) is 0 Å². The van der Waals surface area contributed by atoms with Gasteiger partial charge in [-0.3, -0.25) is 10.1 Å². The molecule has 6 nitrogen and oxygen atoms in total. The summed E-state index contributed by atoms with van der Waals surface area (Å²) in [7, 11) is 1.21. The van der Waals surface area contributed by atoms with Crippen LogP contribution in [0, 0.1) is 22.5 Å². The van der Waals surface area contributed by atoms with Gasteiger partial charge < -0.3 is 4.74 Å². The number of nitrogens with zero attached hydrogens (tertiary/aromatic N) is 2. The molecule has 0 saturated carbocycles. The number of carbonyl (C=O) groups excluding carboxylic acids is 1. The summed E-state index contributed by atoms with van der Waals surface area (Å²) in [5.41, 5.74) is 1.25. The van der Waals surface area contributed by atoms with Crippen LogP contribution < -0.4 is 0 Å². The lowest BCUT2D eigenvalue weighted by molar-refractivity contribution is -0.383. The summed E-state index contributed by atoms with van der Waals surface area (Å²) in [5.74, 6) is 1.78. The summed E-state index contributed by atoms with van der Waals surface area (Å²) >= 11 is 0. The van der Waals surface area contributed by atoms with E-state index in [1.54, 1.807) is 12.1 Å². The Morgan fingerprint density at radius 2 is 1.86 bits per heavy atom. The average Bonchev–Trinajstić information content (AvgIpc) is 2.76. The number of rotatable bonds is 3. The molecule has 4 rings (SSSR count). The van der Waals surface area contributed by atoms with Gasteiger partial charge >= 0.3 is 5.97 Å². The van der Waals surface area contributed by atoms with Crippen molar-refractivity contribution in [1.29, 1.82) is 0 Å². The van der Waals surface area contributed by atoms with Crippen LogP contribution in [0.1, 0.15) is 16.1 Å². The van der Waals surface area contributed by atoms with Gasteiger partial charge in [-0.2, -0.15) is 0 Å². The second-order valence-corrected chi connectivity index (χ2v) is 6.34. The number of pyridine rings is 1. The number of benzene rings is 3. The van der Waals surface area contributed by atoms with Gasteiger partial charge in [0.25, 0.3) is 5.69 Å². The quantitative estimate of drug-likeness (QED) is 0.221. The summed E-state index contributed by atoms with van der Waals surface area (Å²) in [6.45, 7) is 0. The first kappa shape index (κ1) is 18.1. The topological polar surface area (TPSA) is 82.3 Å². The van der Waals surface area contributed by atoms with Crippen LogP contribution in [0.5, 0.6) is 0 Å². The number of para-hydroxylation sites is 1. The molecule has 0 aliphatic heterocycles. The fraction of sp³-hybridized carbons (Fsp3) is 0.0435. The van der Waals surface area contributed by atoms with Gasteiger partial charge in [-0.1, -0.05) is 54.5 Å². The number of hydrogen-bond donors (Lipinski definition) is 0. The largest absolute Gasteiger partial charge is 0.464 e. The molecule has 0 unspecified atom stereocenters.